The summed E-state index contributed by atoms with van der Waals surface area (Å²) in [6.45, 7) is 0.567. The molecule has 0 aliphatic carbocycles. The lowest BCUT2D eigenvalue weighted by molar-refractivity contribution is -0.898. The second-order valence-corrected chi connectivity index (χ2v) is 10.2. The molecular weight excluding hydrogens is 587 g/mol. The smallest absolute Gasteiger partial charge is 0.358 e. The Morgan fingerprint density at radius 1 is 1.30 bits per heavy atom. The van der Waals surface area contributed by atoms with Gasteiger partial charge in [0.1, 0.15) is 30.3 Å². The summed E-state index contributed by atoms with van der Waals surface area (Å²) < 4.78 is 15.6. The number of quaternary nitrogens is 1. The number of amides is 1. The van der Waals surface area contributed by atoms with Gasteiger partial charge in [-0.2, -0.15) is 5.26 Å². The molecule has 1 amide bonds. The number of fused-ring (bicyclic) bond motifs is 1. The van der Waals surface area contributed by atoms with Crippen molar-refractivity contribution in [1.29, 1.82) is 5.26 Å². The van der Waals surface area contributed by atoms with Crippen molar-refractivity contribution in [1.82, 2.24) is 24.5 Å². The Balaban J connectivity index is 1.45. The quantitative estimate of drug-likeness (QED) is 0.124. The van der Waals surface area contributed by atoms with Crippen LogP contribution < -0.4 is 10.6 Å². The number of carbonyl (C=O) groups is 1. The van der Waals surface area contributed by atoms with E-state index in [-0.39, 0.29) is 28.5 Å². The van der Waals surface area contributed by atoms with E-state index >= 15 is 0 Å². The van der Waals surface area contributed by atoms with Gasteiger partial charge in [-0.15, -0.1) is 0 Å². The van der Waals surface area contributed by atoms with Crippen LogP contribution in [0.1, 0.15) is 11.5 Å². The second-order valence-electron chi connectivity index (χ2n) is 9.36. The highest BCUT2D eigenvalue weighted by atomic mass is 79.9. The number of nitrogens with zero attached hydrogens (tertiary/aromatic N) is 8. The zero-order valence-electron chi connectivity index (χ0n) is 21.6. The third kappa shape index (κ3) is 6.42. The Kier molecular flexibility index (Phi) is 8.12. The zero-order valence-corrected chi connectivity index (χ0v) is 23.2. The zero-order chi connectivity index (χ0) is 29.0. The summed E-state index contributed by atoms with van der Waals surface area (Å²) in [7, 11) is 5.23. The molecule has 1 aromatic carbocycles. The Morgan fingerprint density at radius 2 is 2.08 bits per heavy atom. The van der Waals surface area contributed by atoms with Gasteiger partial charge in [-0.1, -0.05) is 0 Å². The van der Waals surface area contributed by atoms with Crippen molar-refractivity contribution < 1.29 is 18.6 Å². The van der Waals surface area contributed by atoms with Crippen molar-refractivity contribution in [2.24, 2.45) is 7.05 Å². The minimum Gasteiger partial charge on any atom is -0.358 e. The van der Waals surface area contributed by atoms with Crippen LogP contribution in [-0.4, -0.2) is 60.5 Å². The summed E-state index contributed by atoms with van der Waals surface area (Å²) in [6.07, 6.45) is 5.86. The summed E-state index contributed by atoms with van der Waals surface area (Å²) in [4.78, 5) is 39.9. The molecule has 4 rings (SSSR count). The number of nitriles is 1. The molecule has 13 nitrogen and oxygen atoms in total. The molecule has 0 radical (unpaired) electrons. The van der Waals surface area contributed by atoms with Gasteiger partial charge in [-0.3, -0.25) is 9.36 Å². The lowest BCUT2D eigenvalue weighted by atomic mass is 10.2. The Bertz CT molecular complexity index is 1700. The number of pyridine rings is 1. The number of likely N-dealkylation sites (N-methyl/N-ethyl adjacent to an activating group) is 1. The van der Waals surface area contributed by atoms with Crippen LogP contribution in [0.2, 0.25) is 0 Å². The SMILES string of the molecule is Cn1c(C#N)nc([N+](=O)[O-])c1C[N+](C)(C)C/C=C/C(=O)Nc1cc2c(Nc3ccc(F)c(Br)c3)ncnc2cn1. The van der Waals surface area contributed by atoms with Gasteiger partial charge in [0.05, 0.1) is 36.8 Å². The van der Waals surface area contributed by atoms with Crippen LogP contribution in [0.3, 0.4) is 0 Å². The minimum atomic E-state index is -0.611. The second kappa shape index (κ2) is 11.5. The summed E-state index contributed by atoms with van der Waals surface area (Å²) in [6, 6.07) is 7.93. The topological polar surface area (TPSA) is 165 Å². The van der Waals surface area contributed by atoms with Crippen molar-refractivity contribution in [3.05, 3.63) is 80.9 Å². The average Bonchev–Trinajstić information content (AvgIpc) is 3.21. The van der Waals surface area contributed by atoms with E-state index in [9.17, 15) is 24.6 Å². The van der Waals surface area contributed by atoms with E-state index in [1.54, 1.807) is 31.3 Å². The van der Waals surface area contributed by atoms with Gasteiger partial charge in [0.15, 0.2) is 11.8 Å². The molecule has 0 atom stereocenters. The fourth-order valence-electron chi connectivity index (χ4n) is 3.86. The van der Waals surface area contributed by atoms with Crippen molar-refractivity contribution in [3.63, 3.8) is 0 Å². The predicted molar refractivity (Wildman–Crippen MR) is 148 cm³/mol. The van der Waals surface area contributed by atoms with Gasteiger partial charge in [0, 0.05) is 24.2 Å². The number of carbonyl (C=O) groups excluding carboxylic acids is 1. The monoisotopic (exact) mass is 609 g/mol. The molecule has 0 saturated heterocycles. The number of anilines is 3. The number of halogens is 2. The molecule has 0 aliphatic rings. The Hall–Kier alpha value is -4.81. The highest BCUT2D eigenvalue weighted by Gasteiger charge is 2.30. The van der Waals surface area contributed by atoms with Crippen molar-refractivity contribution in [2.75, 3.05) is 31.3 Å². The molecule has 15 heteroatoms. The number of nitro groups is 1. The van der Waals surface area contributed by atoms with Crippen LogP contribution >= 0.6 is 15.9 Å². The maximum absolute atomic E-state index is 13.6. The Labute approximate surface area is 235 Å². The first-order chi connectivity index (χ1) is 19.0. The number of nitrogens with one attached hydrogen (secondary N) is 2. The highest BCUT2D eigenvalue weighted by molar-refractivity contribution is 9.10. The first-order valence-corrected chi connectivity index (χ1v) is 12.5. The first kappa shape index (κ1) is 28.2. The molecule has 0 aliphatic heterocycles. The number of imidazole rings is 1. The highest BCUT2D eigenvalue weighted by Crippen LogP contribution is 2.27. The molecule has 0 saturated carbocycles. The molecular formula is C25H23BrFN10O3+. The normalized spacial score (nSPS) is 11.5. The number of hydrogen-bond donors (Lipinski definition) is 2. The maximum Gasteiger partial charge on any atom is 0.392 e. The third-order valence-corrected chi connectivity index (χ3v) is 6.48. The molecule has 2 N–H and O–H groups in total. The molecule has 0 spiro atoms. The van der Waals surface area contributed by atoms with E-state index in [2.05, 4.69) is 46.5 Å². The van der Waals surface area contributed by atoms with E-state index in [4.69, 9.17) is 0 Å². The van der Waals surface area contributed by atoms with E-state index in [0.717, 1.165) is 0 Å². The van der Waals surface area contributed by atoms with Crippen molar-refractivity contribution in [3.8, 4) is 6.07 Å². The van der Waals surface area contributed by atoms with Crippen LogP contribution in [0.15, 0.2) is 53.4 Å². The molecule has 0 fully saturated rings. The number of benzene rings is 1. The average molecular weight is 610 g/mol. The van der Waals surface area contributed by atoms with Gasteiger partial charge < -0.3 is 25.2 Å². The third-order valence-electron chi connectivity index (χ3n) is 5.87. The lowest BCUT2D eigenvalue weighted by Crippen LogP contribution is -2.39. The summed E-state index contributed by atoms with van der Waals surface area (Å²) in [5.41, 5.74) is 1.44. The van der Waals surface area contributed by atoms with Crippen LogP contribution in [0.4, 0.5) is 27.5 Å². The Morgan fingerprint density at radius 3 is 2.77 bits per heavy atom. The van der Waals surface area contributed by atoms with Crippen LogP contribution in [0.25, 0.3) is 10.9 Å². The standard InChI is InChI=1S/C25H22BrFN10O3/c1-35-20(25(36(39)40)34-22(35)11-28)13-37(2,3)8-4-5-23(38)33-21-10-16-19(12-29-21)30-14-31-24(16)32-15-6-7-18(27)17(26)9-15/h4-7,9-10,12,14H,8,13H2,1-3H3,(H-,29,30,31,32,33,38)/p+1/b5-4+. The predicted octanol–water partition coefficient (Wildman–Crippen LogP) is 3.95. The molecule has 3 aromatic heterocycles. The van der Waals surface area contributed by atoms with E-state index in [1.807, 2.05) is 20.2 Å². The molecule has 0 unspecified atom stereocenters. The fraction of sp³-hybridized carbons (Fsp3) is 0.200. The van der Waals surface area contributed by atoms with Gasteiger partial charge in [-0.05, 0) is 56.2 Å². The summed E-state index contributed by atoms with van der Waals surface area (Å²) in [5, 5.41) is 27.0. The van der Waals surface area contributed by atoms with E-state index in [1.165, 1.54) is 29.2 Å². The fourth-order valence-corrected chi connectivity index (χ4v) is 4.24. The molecule has 4 aromatic rings. The van der Waals surface area contributed by atoms with Crippen LogP contribution in [0.5, 0.6) is 0 Å². The largest absolute Gasteiger partial charge is 0.392 e. The maximum atomic E-state index is 13.6. The van der Waals surface area contributed by atoms with Gasteiger partial charge in [0.25, 0.3) is 0 Å². The van der Waals surface area contributed by atoms with Crippen LogP contribution in [0, 0.1) is 27.3 Å². The number of aromatic nitrogens is 5. The minimum absolute atomic E-state index is 0.0474. The first-order valence-electron chi connectivity index (χ1n) is 11.7. The molecule has 0 bridgehead atoms. The van der Waals surface area contributed by atoms with Crippen LogP contribution in [-0.2, 0) is 18.4 Å². The number of hydrogen-bond acceptors (Lipinski definition) is 9. The molecule has 40 heavy (non-hydrogen) atoms. The summed E-state index contributed by atoms with van der Waals surface area (Å²) >= 11 is 3.16. The van der Waals surface area contributed by atoms with Gasteiger partial charge >= 0.3 is 11.6 Å². The molecule has 3 heterocycles. The van der Waals surface area contributed by atoms with Crippen molar-refractivity contribution in [2.45, 2.75) is 6.54 Å². The van der Waals surface area contributed by atoms with Gasteiger partial charge in [-0.25, -0.2) is 19.3 Å². The molecule has 204 valence electrons. The van der Waals surface area contributed by atoms with Gasteiger partial charge in [0.2, 0.25) is 5.91 Å². The van der Waals surface area contributed by atoms with E-state index in [0.29, 0.717) is 39.1 Å². The van der Waals surface area contributed by atoms with E-state index < -0.39 is 16.6 Å². The number of rotatable bonds is 9. The van der Waals surface area contributed by atoms with Crippen molar-refractivity contribution >= 4 is 55.9 Å². The summed E-state index contributed by atoms with van der Waals surface area (Å²) in [5.74, 6) is -0.524. The lowest BCUT2D eigenvalue weighted by Gasteiger charge is -2.28.